The van der Waals surface area contributed by atoms with Crippen molar-refractivity contribution in [1.82, 2.24) is 5.32 Å². The van der Waals surface area contributed by atoms with Gasteiger partial charge in [-0.2, -0.15) is 0 Å². The molecule has 3 nitrogen and oxygen atoms in total. The molecular formula is C15H18N2OS. The van der Waals surface area contributed by atoms with Crippen molar-refractivity contribution in [2.45, 2.75) is 6.42 Å². The maximum absolute atomic E-state index is 12.0. The molecule has 1 atom stereocenters. The molecule has 2 rings (SSSR count). The van der Waals surface area contributed by atoms with Gasteiger partial charge in [0.05, 0.1) is 11.7 Å². The Morgan fingerprint density at radius 1 is 1.53 bits per heavy atom. The summed E-state index contributed by atoms with van der Waals surface area (Å²) in [6, 6.07) is 8.15. The van der Waals surface area contributed by atoms with Crippen LogP contribution in [0, 0.1) is 18.3 Å². The normalized spacial score (nSPS) is 16.9. The van der Waals surface area contributed by atoms with Crippen LogP contribution in [0.3, 0.4) is 0 Å². The second kappa shape index (κ2) is 7.10. The number of nitrogens with one attached hydrogen (secondary N) is 2. The van der Waals surface area contributed by atoms with Gasteiger partial charge < -0.3 is 10.6 Å². The molecule has 1 aromatic rings. The molecule has 0 spiro atoms. The fourth-order valence-corrected chi connectivity index (χ4v) is 2.66. The van der Waals surface area contributed by atoms with Gasteiger partial charge in [0.2, 0.25) is 5.91 Å². The number of para-hydroxylation sites is 1. The molecule has 1 aromatic carbocycles. The van der Waals surface area contributed by atoms with E-state index >= 15 is 0 Å². The van der Waals surface area contributed by atoms with E-state index in [4.69, 9.17) is 6.42 Å². The molecular weight excluding hydrogens is 256 g/mol. The zero-order valence-electron chi connectivity index (χ0n) is 10.8. The van der Waals surface area contributed by atoms with Crippen molar-refractivity contribution in [2.24, 2.45) is 5.92 Å². The van der Waals surface area contributed by atoms with Gasteiger partial charge in [0, 0.05) is 24.5 Å². The van der Waals surface area contributed by atoms with Gasteiger partial charge in [-0.3, -0.25) is 4.79 Å². The van der Waals surface area contributed by atoms with Crippen LogP contribution in [0.25, 0.3) is 0 Å². The summed E-state index contributed by atoms with van der Waals surface area (Å²) < 4.78 is 0. The number of benzene rings is 1. The lowest BCUT2D eigenvalue weighted by Gasteiger charge is -2.25. The summed E-state index contributed by atoms with van der Waals surface area (Å²) in [6.45, 7) is 1.39. The first-order chi connectivity index (χ1) is 9.31. The summed E-state index contributed by atoms with van der Waals surface area (Å²) in [4.78, 5) is 12.0. The van der Waals surface area contributed by atoms with Crippen LogP contribution in [-0.2, 0) is 11.2 Å². The number of hydrogen-bond acceptors (Lipinski definition) is 3. The predicted molar refractivity (Wildman–Crippen MR) is 81.3 cm³/mol. The number of carbonyl (C=O) groups is 1. The van der Waals surface area contributed by atoms with E-state index in [0.717, 1.165) is 17.9 Å². The molecule has 0 fully saturated rings. The highest BCUT2D eigenvalue weighted by Crippen LogP contribution is 2.24. The number of carbonyl (C=O) groups excluding carboxylic acids is 1. The van der Waals surface area contributed by atoms with Gasteiger partial charge in [0.15, 0.2) is 0 Å². The third kappa shape index (κ3) is 3.93. The minimum Gasteiger partial charge on any atom is -0.384 e. The monoisotopic (exact) mass is 274 g/mol. The zero-order valence-corrected chi connectivity index (χ0v) is 11.6. The van der Waals surface area contributed by atoms with E-state index in [1.165, 1.54) is 5.56 Å². The Morgan fingerprint density at radius 3 is 3.21 bits per heavy atom. The third-order valence-corrected chi connectivity index (χ3v) is 3.99. The SMILES string of the molecule is C#CCSCCNC(=O)C1CNc2ccccc2C1. The van der Waals surface area contributed by atoms with Gasteiger partial charge >= 0.3 is 0 Å². The van der Waals surface area contributed by atoms with Crippen LogP contribution in [0.4, 0.5) is 5.69 Å². The fourth-order valence-electron chi connectivity index (χ4n) is 2.15. The van der Waals surface area contributed by atoms with E-state index in [1.807, 2.05) is 12.1 Å². The molecule has 1 unspecified atom stereocenters. The number of thioether (sulfide) groups is 1. The molecule has 4 heteroatoms. The number of amides is 1. The third-order valence-electron chi connectivity index (χ3n) is 3.12. The molecule has 0 bridgehead atoms. The van der Waals surface area contributed by atoms with E-state index in [0.29, 0.717) is 18.8 Å². The Hall–Kier alpha value is -1.60. The second-order valence-electron chi connectivity index (χ2n) is 4.49. The molecule has 1 aliphatic heterocycles. The lowest BCUT2D eigenvalue weighted by Crippen LogP contribution is -2.39. The summed E-state index contributed by atoms with van der Waals surface area (Å²) in [6.07, 6.45) is 5.98. The smallest absolute Gasteiger partial charge is 0.225 e. The van der Waals surface area contributed by atoms with Gasteiger partial charge in [0.1, 0.15) is 0 Å². The molecule has 0 saturated carbocycles. The average Bonchev–Trinajstić information content (AvgIpc) is 2.46. The summed E-state index contributed by atoms with van der Waals surface area (Å²) in [5.41, 5.74) is 2.37. The molecule has 19 heavy (non-hydrogen) atoms. The predicted octanol–water partition coefficient (Wildman–Crippen LogP) is 1.75. The van der Waals surface area contributed by atoms with Crippen LogP contribution in [-0.4, -0.2) is 30.5 Å². The van der Waals surface area contributed by atoms with Crippen molar-refractivity contribution in [3.8, 4) is 12.3 Å². The highest BCUT2D eigenvalue weighted by molar-refractivity contribution is 7.99. The first-order valence-corrected chi connectivity index (χ1v) is 7.57. The van der Waals surface area contributed by atoms with Gasteiger partial charge in [-0.05, 0) is 18.1 Å². The molecule has 1 aliphatic rings. The first-order valence-electron chi connectivity index (χ1n) is 6.42. The van der Waals surface area contributed by atoms with Crippen LogP contribution < -0.4 is 10.6 Å². The van der Waals surface area contributed by atoms with E-state index in [1.54, 1.807) is 11.8 Å². The number of hydrogen-bond donors (Lipinski definition) is 2. The van der Waals surface area contributed by atoms with Crippen molar-refractivity contribution in [1.29, 1.82) is 0 Å². The van der Waals surface area contributed by atoms with E-state index in [2.05, 4.69) is 28.7 Å². The number of anilines is 1. The summed E-state index contributed by atoms with van der Waals surface area (Å²) in [5, 5.41) is 6.29. The summed E-state index contributed by atoms with van der Waals surface area (Å²) in [5.74, 6) is 4.29. The van der Waals surface area contributed by atoms with Crippen LogP contribution in [0.2, 0.25) is 0 Å². The molecule has 0 aromatic heterocycles. The molecule has 0 aliphatic carbocycles. The maximum Gasteiger partial charge on any atom is 0.225 e. The van der Waals surface area contributed by atoms with Crippen molar-refractivity contribution in [2.75, 3.05) is 29.9 Å². The van der Waals surface area contributed by atoms with Gasteiger partial charge in [-0.1, -0.05) is 24.1 Å². The van der Waals surface area contributed by atoms with Gasteiger partial charge in [-0.15, -0.1) is 18.2 Å². The molecule has 100 valence electrons. The summed E-state index contributed by atoms with van der Waals surface area (Å²) in [7, 11) is 0. The zero-order chi connectivity index (χ0) is 13.5. The number of terminal acetylenes is 1. The minimum absolute atomic E-state index is 0.0209. The highest BCUT2D eigenvalue weighted by atomic mass is 32.2. The Bertz CT molecular complexity index is 481. The van der Waals surface area contributed by atoms with E-state index in [9.17, 15) is 4.79 Å². The Labute approximate surface area is 118 Å². The molecule has 0 saturated heterocycles. The summed E-state index contributed by atoms with van der Waals surface area (Å²) >= 11 is 1.66. The average molecular weight is 274 g/mol. The van der Waals surface area contributed by atoms with E-state index in [-0.39, 0.29) is 11.8 Å². The maximum atomic E-state index is 12.0. The van der Waals surface area contributed by atoms with Crippen molar-refractivity contribution >= 4 is 23.4 Å². The fraction of sp³-hybridized carbons (Fsp3) is 0.400. The Kier molecular flexibility index (Phi) is 5.17. The molecule has 2 N–H and O–H groups in total. The van der Waals surface area contributed by atoms with Crippen LogP contribution in [0.5, 0.6) is 0 Å². The molecule has 1 amide bonds. The van der Waals surface area contributed by atoms with Crippen molar-refractivity contribution in [3.05, 3.63) is 29.8 Å². The number of rotatable bonds is 5. The lowest BCUT2D eigenvalue weighted by atomic mass is 9.93. The lowest BCUT2D eigenvalue weighted by molar-refractivity contribution is -0.124. The van der Waals surface area contributed by atoms with Crippen LogP contribution >= 0.6 is 11.8 Å². The largest absolute Gasteiger partial charge is 0.384 e. The standard InChI is InChI=1S/C15H18N2OS/c1-2-8-19-9-7-16-15(18)13-10-12-5-3-4-6-14(12)17-11-13/h1,3-6,13,17H,7-11H2,(H,16,18). The first kappa shape index (κ1) is 13.8. The van der Waals surface area contributed by atoms with E-state index < -0.39 is 0 Å². The van der Waals surface area contributed by atoms with Gasteiger partial charge in [-0.25, -0.2) is 0 Å². The van der Waals surface area contributed by atoms with Crippen LogP contribution in [0.15, 0.2) is 24.3 Å². The topological polar surface area (TPSA) is 41.1 Å². The van der Waals surface area contributed by atoms with Crippen molar-refractivity contribution < 1.29 is 4.79 Å². The minimum atomic E-state index is 0.0209. The number of fused-ring (bicyclic) bond motifs is 1. The Morgan fingerprint density at radius 2 is 2.37 bits per heavy atom. The van der Waals surface area contributed by atoms with Gasteiger partial charge in [0.25, 0.3) is 0 Å². The van der Waals surface area contributed by atoms with Crippen molar-refractivity contribution in [3.63, 3.8) is 0 Å². The highest BCUT2D eigenvalue weighted by Gasteiger charge is 2.23. The molecule has 0 radical (unpaired) electrons. The van der Waals surface area contributed by atoms with Crippen LogP contribution in [0.1, 0.15) is 5.56 Å². The molecule has 1 heterocycles. The Balaban J connectivity index is 1.78. The quantitative estimate of drug-likeness (QED) is 0.635. The second-order valence-corrected chi connectivity index (χ2v) is 5.59.